The Morgan fingerprint density at radius 1 is 0.955 bits per heavy atom. The second-order valence-corrected chi connectivity index (χ2v) is 12.7. The van der Waals surface area contributed by atoms with Crippen LogP contribution in [-0.2, 0) is 16.6 Å². The Labute approximate surface area is 257 Å². The summed E-state index contributed by atoms with van der Waals surface area (Å²) < 4.78 is 62.4. The van der Waals surface area contributed by atoms with E-state index in [9.17, 15) is 8.42 Å². The lowest BCUT2D eigenvalue weighted by molar-refractivity contribution is 0.0665. The Morgan fingerprint density at radius 2 is 1.75 bits per heavy atom. The van der Waals surface area contributed by atoms with E-state index in [1.54, 1.807) is 24.3 Å². The van der Waals surface area contributed by atoms with Gasteiger partial charge in [-0.1, -0.05) is 36.8 Å². The number of fused-ring (bicyclic) bond motifs is 1. The molecule has 0 N–H and O–H groups in total. The minimum absolute atomic E-state index is 0.0969. The van der Waals surface area contributed by atoms with Crippen molar-refractivity contribution in [1.82, 2.24) is 14.9 Å². The summed E-state index contributed by atoms with van der Waals surface area (Å²) in [6, 6.07) is 19.7. The SMILES string of the molecule is COc1ccc(CN(c2ncccn2)S(=O)(=O)c2cc3c(cc2F)C(N2CCCCC2c2ccccc2)CCO3)c(OC)c1. The first-order valence-corrected chi connectivity index (χ1v) is 16.1. The molecule has 1 aromatic heterocycles. The number of benzene rings is 3. The van der Waals surface area contributed by atoms with E-state index < -0.39 is 20.7 Å². The predicted molar refractivity (Wildman–Crippen MR) is 164 cm³/mol. The zero-order valence-corrected chi connectivity index (χ0v) is 25.5. The number of rotatable bonds is 9. The molecule has 11 heteroatoms. The van der Waals surface area contributed by atoms with E-state index in [2.05, 4.69) is 27.0 Å². The molecule has 2 aliphatic rings. The molecular formula is C33H35FN4O5S. The topological polar surface area (TPSA) is 94.1 Å². The number of halogens is 1. The van der Waals surface area contributed by atoms with Gasteiger partial charge in [-0.3, -0.25) is 4.90 Å². The summed E-state index contributed by atoms with van der Waals surface area (Å²) in [4.78, 5) is 10.3. The van der Waals surface area contributed by atoms with Crippen LogP contribution >= 0.6 is 0 Å². The van der Waals surface area contributed by atoms with Crippen LogP contribution in [0.1, 0.15) is 54.5 Å². The van der Waals surface area contributed by atoms with E-state index in [-0.39, 0.29) is 24.6 Å². The van der Waals surface area contributed by atoms with E-state index in [0.717, 1.165) is 30.1 Å². The maximum Gasteiger partial charge on any atom is 0.270 e. The highest BCUT2D eigenvalue weighted by molar-refractivity contribution is 7.92. The normalized spacial score (nSPS) is 18.6. The van der Waals surface area contributed by atoms with Gasteiger partial charge in [-0.05, 0) is 49.2 Å². The van der Waals surface area contributed by atoms with Crippen molar-refractivity contribution in [3.05, 3.63) is 102 Å². The van der Waals surface area contributed by atoms with Crippen molar-refractivity contribution >= 4 is 16.0 Å². The minimum atomic E-state index is -4.50. The zero-order chi connectivity index (χ0) is 30.7. The van der Waals surface area contributed by atoms with Crippen molar-refractivity contribution in [2.45, 2.75) is 49.2 Å². The van der Waals surface area contributed by atoms with Gasteiger partial charge in [-0.25, -0.2) is 27.1 Å². The molecule has 0 bridgehead atoms. The third-order valence-corrected chi connectivity index (χ3v) is 10.1. The average Bonchev–Trinajstić information content (AvgIpc) is 3.07. The standard InChI is InChI=1S/C33H35FN4O5S/c1-41-25-13-12-24(30(19-25)42-2)22-38(33-35-15-8-16-36-33)44(39,40)32-21-31-26(20-27(32)34)29(14-18-43-31)37-17-7-6-11-28(37)23-9-4-3-5-10-23/h3-5,8-10,12-13,15-16,19-21,28-29H,6-7,11,14,17-18,22H2,1-2H3. The highest BCUT2D eigenvalue weighted by atomic mass is 32.2. The van der Waals surface area contributed by atoms with Crippen molar-refractivity contribution in [2.75, 3.05) is 31.7 Å². The van der Waals surface area contributed by atoms with Gasteiger partial charge in [0.05, 0.1) is 27.4 Å². The van der Waals surface area contributed by atoms with Crippen LogP contribution in [0.3, 0.4) is 0 Å². The van der Waals surface area contributed by atoms with Crippen LogP contribution in [0.15, 0.2) is 84.0 Å². The Morgan fingerprint density at radius 3 is 2.50 bits per heavy atom. The van der Waals surface area contributed by atoms with Crippen molar-refractivity contribution < 1.29 is 27.0 Å². The molecule has 2 aliphatic heterocycles. The smallest absolute Gasteiger partial charge is 0.270 e. The lowest BCUT2D eigenvalue weighted by Gasteiger charge is -2.43. The van der Waals surface area contributed by atoms with Gasteiger partial charge in [-0.15, -0.1) is 0 Å². The van der Waals surface area contributed by atoms with Gasteiger partial charge in [0.2, 0.25) is 5.95 Å². The molecule has 0 spiro atoms. The number of piperidine rings is 1. The number of hydrogen-bond acceptors (Lipinski definition) is 8. The summed E-state index contributed by atoms with van der Waals surface area (Å²) in [6.07, 6.45) is 6.74. The highest BCUT2D eigenvalue weighted by Gasteiger charge is 2.37. The molecule has 1 saturated heterocycles. The van der Waals surface area contributed by atoms with Crippen molar-refractivity contribution in [2.24, 2.45) is 0 Å². The van der Waals surface area contributed by atoms with Crippen molar-refractivity contribution in [3.63, 3.8) is 0 Å². The third-order valence-electron chi connectivity index (χ3n) is 8.35. The summed E-state index contributed by atoms with van der Waals surface area (Å²) in [5.74, 6) is 0.378. The molecule has 6 rings (SSSR count). The number of likely N-dealkylation sites (tertiary alicyclic amines) is 1. The monoisotopic (exact) mass is 618 g/mol. The zero-order valence-electron chi connectivity index (χ0n) is 24.7. The van der Waals surface area contributed by atoms with Gasteiger partial charge in [-0.2, -0.15) is 0 Å². The Bertz CT molecular complexity index is 1710. The number of anilines is 1. The van der Waals surface area contributed by atoms with Crippen LogP contribution < -0.4 is 18.5 Å². The maximum atomic E-state index is 16.1. The number of methoxy groups -OCH3 is 2. The third kappa shape index (κ3) is 5.81. The van der Waals surface area contributed by atoms with E-state index in [1.807, 2.05) is 18.2 Å². The molecule has 3 heterocycles. The van der Waals surface area contributed by atoms with Gasteiger partial charge < -0.3 is 14.2 Å². The second kappa shape index (κ2) is 12.8. The van der Waals surface area contributed by atoms with Crippen molar-refractivity contribution in [3.8, 4) is 17.2 Å². The maximum absolute atomic E-state index is 16.1. The Kier molecular flexibility index (Phi) is 8.67. The number of nitrogens with zero attached hydrogens (tertiary/aromatic N) is 4. The largest absolute Gasteiger partial charge is 0.497 e. The average molecular weight is 619 g/mol. The van der Waals surface area contributed by atoms with Gasteiger partial charge >= 0.3 is 0 Å². The first-order chi connectivity index (χ1) is 21.4. The fraction of sp³-hybridized carbons (Fsp3) is 0.333. The van der Waals surface area contributed by atoms with E-state index in [1.165, 1.54) is 44.3 Å². The van der Waals surface area contributed by atoms with Gasteiger partial charge in [0.25, 0.3) is 10.0 Å². The van der Waals surface area contributed by atoms with Crippen LogP contribution in [0.5, 0.6) is 17.2 Å². The van der Waals surface area contributed by atoms with Crippen LogP contribution in [0.2, 0.25) is 0 Å². The van der Waals surface area contributed by atoms with E-state index >= 15 is 4.39 Å². The number of sulfonamides is 1. The molecule has 44 heavy (non-hydrogen) atoms. The molecule has 1 fully saturated rings. The first-order valence-electron chi connectivity index (χ1n) is 14.7. The fourth-order valence-electron chi connectivity index (χ4n) is 6.21. The number of ether oxygens (including phenoxy) is 3. The fourth-order valence-corrected chi connectivity index (χ4v) is 7.63. The summed E-state index contributed by atoms with van der Waals surface area (Å²) in [6.45, 7) is 1.07. The first kappa shape index (κ1) is 29.8. The Hall–Kier alpha value is -4.22. The van der Waals surface area contributed by atoms with Crippen LogP contribution in [-0.4, -0.2) is 50.7 Å². The summed E-state index contributed by atoms with van der Waals surface area (Å²) >= 11 is 0. The molecule has 0 aliphatic carbocycles. The molecule has 2 unspecified atom stereocenters. The van der Waals surface area contributed by atoms with Crippen LogP contribution in [0, 0.1) is 5.82 Å². The number of aromatic nitrogens is 2. The molecule has 0 amide bonds. The minimum Gasteiger partial charge on any atom is -0.497 e. The molecule has 230 valence electrons. The lowest BCUT2D eigenvalue weighted by Crippen LogP contribution is -2.39. The van der Waals surface area contributed by atoms with Crippen LogP contribution in [0.4, 0.5) is 10.3 Å². The predicted octanol–water partition coefficient (Wildman–Crippen LogP) is 6.08. The quantitative estimate of drug-likeness (QED) is 0.223. The number of hydrogen-bond donors (Lipinski definition) is 0. The molecule has 0 radical (unpaired) electrons. The summed E-state index contributed by atoms with van der Waals surface area (Å²) in [5.41, 5.74) is 2.42. The van der Waals surface area contributed by atoms with E-state index in [4.69, 9.17) is 14.2 Å². The summed E-state index contributed by atoms with van der Waals surface area (Å²) in [5, 5.41) is 0. The molecule has 4 aromatic rings. The Balaban J connectivity index is 1.38. The summed E-state index contributed by atoms with van der Waals surface area (Å²) in [7, 11) is -1.49. The molecule has 3 aromatic carbocycles. The van der Waals surface area contributed by atoms with E-state index in [0.29, 0.717) is 41.4 Å². The van der Waals surface area contributed by atoms with Gasteiger partial charge in [0.1, 0.15) is 28.0 Å². The second-order valence-electron chi connectivity index (χ2n) is 10.9. The highest BCUT2D eigenvalue weighted by Crippen LogP contribution is 2.45. The molecule has 2 atom stereocenters. The van der Waals surface area contributed by atoms with Crippen LogP contribution in [0.25, 0.3) is 0 Å². The van der Waals surface area contributed by atoms with Gasteiger partial charge in [0, 0.05) is 54.2 Å². The molecule has 9 nitrogen and oxygen atoms in total. The molecular weight excluding hydrogens is 583 g/mol. The van der Waals surface area contributed by atoms with Gasteiger partial charge in [0.15, 0.2) is 0 Å². The molecule has 0 saturated carbocycles. The van der Waals surface area contributed by atoms with Crippen molar-refractivity contribution in [1.29, 1.82) is 0 Å². The lowest BCUT2D eigenvalue weighted by atomic mass is 9.89.